The third-order valence-electron chi connectivity index (χ3n) is 4.68. The van der Waals surface area contributed by atoms with Crippen molar-refractivity contribution < 1.29 is 10.2 Å². The molecule has 0 aliphatic carbocycles. The SMILES string of the molecule is N=C(CCC(O)CO)C1=NC=C=C(c2ccccc2)C(c2ccccc2)=NCC1. The van der Waals surface area contributed by atoms with Crippen LogP contribution in [0.15, 0.2) is 82.6 Å². The highest BCUT2D eigenvalue weighted by Crippen LogP contribution is 2.21. The van der Waals surface area contributed by atoms with Crippen LogP contribution in [0.25, 0.3) is 5.57 Å². The van der Waals surface area contributed by atoms with E-state index in [0.29, 0.717) is 37.2 Å². The zero-order valence-corrected chi connectivity index (χ0v) is 16.3. The lowest BCUT2D eigenvalue weighted by atomic mass is 9.96. The number of hydrogen-bond donors (Lipinski definition) is 3. The molecule has 5 heteroatoms. The Morgan fingerprint density at radius 3 is 2.34 bits per heavy atom. The van der Waals surface area contributed by atoms with Crippen LogP contribution in [-0.2, 0) is 0 Å². The standard InChI is InChI=1S/C24H25N3O2/c25-22(12-11-20(29)17-28)23-14-16-27-24(19-9-5-2-6-10-19)21(13-15-26-23)18-7-3-1-4-8-18/h1-10,15,20,25,28-29H,11-12,14,16-17H2. The Hall–Kier alpha value is -3.11. The van der Waals surface area contributed by atoms with Crippen LogP contribution in [0.3, 0.4) is 0 Å². The summed E-state index contributed by atoms with van der Waals surface area (Å²) in [5.41, 5.74) is 8.00. The lowest BCUT2D eigenvalue weighted by Gasteiger charge is -2.11. The van der Waals surface area contributed by atoms with Crippen molar-refractivity contribution in [3.8, 4) is 0 Å². The molecule has 2 aromatic rings. The van der Waals surface area contributed by atoms with E-state index in [4.69, 9.17) is 15.5 Å². The number of nitrogens with zero attached hydrogens (tertiary/aromatic N) is 2. The van der Waals surface area contributed by atoms with Crippen molar-refractivity contribution in [1.82, 2.24) is 0 Å². The van der Waals surface area contributed by atoms with E-state index in [9.17, 15) is 5.11 Å². The smallest absolute Gasteiger partial charge is 0.0803 e. The fourth-order valence-electron chi connectivity index (χ4n) is 3.09. The first-order valence-electron chi connectivity index (χ1n) is 9.73. The highest BCUT2D eigenvalue weighted by Gasteiger charge is 2.15. The van der Waals surface area contributed by atoms with Crippen LogP contribution < -0.4 is 0 Å². The Bertz CT molecular complexity index is 956. The number of allylic oxidation sites excluding steroid dienone is 1. The van der Waals surface area contributed by atoms with Gasteiger partial charge in [-0.2, -0.15) is 0 Å². The molecule has 1 aliphatic rings. The molecule has 1 atom stereocenters. The van der Waals surface area contributed by atoms with Gasteiger partial charge in [0.1, 0.15) is 0 Å². The number of hydrogen-bond acceptors (Lipinski definition) is 5. The third kappa shape index (κ3) is 5.69. The number of aliphatic hydroxyl groups is 2. The first-order chi connectivity index (χ1) is 14.2. The maximum atomic E-state index is 9.54. The van der Waals surface area contributed by atoms with Gasteiger partial charge >= 0.3 is 0 Å². The molecule has 0 spiro atoms. The number of benzene rings is 2. The molecule has 3 rings (SSSR count). The highest BCUT2D eigenvalue weighted by molar-refractivity contribution is 6.41. The summed E-state index contributed by atoms with van der Waals surface area (Å²) < 4.78 is 0. The van der Waals surface area contributed by atoms with Crippen LogP contribution in [0.1, 0.15) is 30.4 Å². The van der Waals surface area contributed by atoms with E-state index in [1.165, 1.54) is 0 Å². The molecule has 148 valence electrons. The van der Waals surface area contributed by atoms with Gasteiger partial charge in [0.15, 0.2) is 0 Å². The Kier molecular flexibility index (Phi) is 7.42. The lowest BCUT2D eigenvalue weighted by Crippen LogP contribution is -2.19. The first-order valence-corrected chi connectivity index (χ1v) is 9.73. The van der Waals surface area contributed by atoms with Gasteiger partial charge < -0.3 is 15.6 Å². The van der Waals surface area contributed by atoms with Gasteiger partial charge in [0.25, 0.3) is 0 Å². The number of aliphatic imine (C=N–C) groups is 2. The summed E-state index contributed by atoms with van der Waals surface area (Å²) in [7, 11) is 0. The second-order valence-electron chi connectivity index (χ2n) is 6.79. The summed E-state index contributed by atoms with van der Waals surface area (Å²) in [5.74, 6) is 0. The van der Waals surface area contributed by atoms with Crippen LogP contribution >= 0.6 is 0 Å². The molecule has 1 unspecified atom stereocenters. The Balaban J connectivity index is 1.95. The van der Waals surface area contributed by atoms with Crippen LogP contribution in [0.4, 0.5) is 0 Å². The second-order valence-corrected chi connectivity index (χ2v) is 6.79. The normalized spacial score (nSPS) is 15.3. The molecule has 3 N–H and O–H groups in total. The Morgan fingerprint density at radius 1 is 1.03 bits per heavy atom. The number of nitrogens with one attached hydrogen (secondary N) is 1. The van der Waals surface area contributed by atoms with Crippen molar-refractivity contribution in [2.75, 3.05) is 13.2 Å². The summed E-state index contributed by atoms with van der Waals surface area (Å²) in [4.78, 5) is 9.31. The molecule has 0 saturated carbocycles. The van der Waals surface area contributed by atoms with Gasteiger partial charge in [-0.15, -0.1) is 0 Å². The van der Waals surface area contributed by atoms with Crippen LogP contribution in [0, 0.1) is 5.41 Å². The maximum absolute atomic E-state index is 9.54. The van der Waals surface area contributed by atoms with Crippen molar-refractivity contribution >= 4 is 22.7 Å². The molecule has 0 fully saturated rings. The van der Waals surface area contributed by atoms with Crippen LogP contribution in [0.5, 0.6) is 0 Å². The van der Waals surface area contributed by atoms with Crippen molar-refractivity contribution in [2.24, 2.45) is 9.98 Å². The molecule has 0 radical (unpaired) electrons. The molecule has 1 aliphatic heterocycles. The predicted molar refractivity (Wildman–Crippen MR) is 118 cm³/mol. The lowest BCUT2D eigenvalue weighted by molar-refractivity contribution is 0.0900. The van der Waals surface area contributed by atoms with E-state index in [-0.39, 0.29) is 6.61 Å². The summed E-state index contributed by atoms with van der Waals surface area (Å²) >= 11 is 0. The van der Waals surface area contributed by atoms with Crippen LogP contribution in [-0.4, -0.2) is 46.6 Å². The summed E-state index contributed by atoms with van der Waals surface area (Å²) in [6.07, 6.45) is 2.03. The van der Waals surface area contributed by atoms with Crippen molar-refractivity contribution in [3.63, 3.8) is 0 Å². The fourth-order valence-corrected chi connectivity index (χ4v) is 3.09. The Labute approximate surface area is 171 Å². The zero-order valence-electron chi connectivity index (χ0n) is 16.3. The Morgan fingerprint density at radius 2 is 1.69 bits per heavy atom. The minimum Gasteiger partial charge on any atom is -0.394 e. The quantitative estimate of drug-likeness (QED) is 0.500. The van der Waals surface area contributed by atoms with E-state index in [0.717, 1.165) is 22.4 Å². The van der Waals surface area contributed by atoms with E-state index < -0.39 is 6.10 Å². The molecule has 2 aromatic carbocycles. The van der Waals surface area contributed by atoms with Gasteiger partial charge in [-0.05, 0) is 18.4 Å². The molecule has 0 bridgehead atoms. The fraction of sp³-hybridized carbons (Fsp3) is 0.250. The average molecular weight is 387 g/mol. The van der Waals surface area contributed by atoms with Gasteiger partial charge in [0.2, 0.25) is 0 Å². The summed E-state index contributed by atoms with van der Waals surface area (Å²) in [5, 5.41) is 26.8. The minimum atomic E-state index is -0.810. The van der Waals surface area contributed by atoms with Crippen molar-refractivity contribution in [3.05, 3.63) is 83.7 Å². The highest BCUT2D eigenvalue weighted by atomic mass is 16.3. The maximum Gasteiger partial charge on any atom is 0.0803 e. The van der Waals surface area contributed by atoms with E-state index >= 15 is 0 Å². The molecule has 0 aromatic heterocycles. The number of rotatable bonds is 7. The molecular weight excluding hydrogens is 362 g/mol. The van der Waals surface area contributed by atoms with Crippen molar-refractivity contribution in [1.29, 1.82) is 5.41 Å². The van der Waals surface area contributed by atoms with Crippen molar-refractivity contribution in [2.45, 2.75) is 25.4 Å². The second kappa shape index (κ2) is 10.4. The van der Waals surface area contributed by atoms with Gasteiger partial charge in [0.05, 0.1) is 41.6 Å². The monoisotopic (exact) mass is 387 g/mol. The van der Waals surface area contributed by atoms with Gasteiger partial charge in [-0.25, -0.2) is 0 Å². The topological polar surface area (TPSA) is 89.0 Å². The van der Waals surface area contributed by atoms with Gasteiger partial charge in [0, 0.05) is 18.5 Å². The van der Waals surface area contributed by atoms with E-state index in [1.54, 1.807) is 6.20 Å². The third-order valence-corrected chi connectivity index (χ3v) is 4.68. The van der Waals surface area contributed by atoms with Gasteiger partial charge in [-0.1, -0.05) is 66.4 Å². The molecule has 0 saturated heterocycles. The number of aliphatic hydroxyl groups excluding tert-OH is 2. The molecule has 29 heavy (non-hydrogen) atoms. The first kappa shape index (κ1) is 20.6. The predicted octanol–water partition coefficient (Wildman–Crippen LogP) is 3.67. The molecule has 5 nitrogen and oxygen atoms in total. The van der Waals surface area contributed by atoms with E-state index in [2.05, 4.69) is 10.7 Å². The average Bonchev–Trinajstić information content (AvgIpc) is 2.89. The molecule has 0 amide bonds. The van der Waals surface area contributed by atoms with Crippen LogP contribution in [0.2, 0.25) is 0 Å². The summed E-state index contributed by atoms with van der Waals surface area (Å²) in [6.45, 7) is 0.202. The molecular formula is C24H25N3O2. The largest absolute Gasteiger partial charge is 0.394 e. The van der Waals surface area contributed by atoms with Gasteiger partial charge in [-0.3, -0.25) is 9.98 Å². The molecule has 1 heterocycles. The minimum absolute atomic E-state index is 0.298. The zero-order chi connectivity index (χ0) is 20.5. The summed E-state index contributed by atoms with van der Waals surface area (Å²) in [6, 6.07) is 20.0. The van der Waals surface area contributed by atoms with E-state index in [1.807, 2.05) is 60.7 Å².